The molecule has 0 heterocycles. The van der Waals surface area contributed by atoms with Crippen molar-refractivity contribution in [2.24, 2.45) is 5.73 Å². The van der Waals surface area contributed by atoms with Gasteiger partial charge in [0.1, 0.15) is 6.04 Å². The first-order chi connectivity index (χ1) is 6.92. The molecule has 0 spiro atoms. The van der Waals surface area contributed by atoms with Crippen LogP contribution in [0.15, 0.2) is 0 Å². The van der Waals surface area contributed by atoms with E-state index < -0.39 is 22.7 Å². The highest BCUT2D eigenvalue weighted by Crippen LogP contribution is 2.12. The zero-order chi connectivity index (χ0) is 13.1. The van der Waals surface area contributed by atoms with Crippen molar-refractivity contribution in [1.29, 1.82) is 0 Å². The topological polar surface area (TPSA) is 61.5 Å². The molecule has 0 aliphatic heterocycles. The predicted octanol–water partition coefficient (Wildman–Crippen LogP) is 1.93. The summed E-state index contributed by atoms with van der Waals surface area (Å²) in [4.78, 5) is 11.7. The first kappa shape index (κ1) is 15.8. The van der Waals surface area contributed by atoms with Crippen LogP contribution in [-0.4, -0.2) is 34.7 Å². The van der Waals surface area contributed by atoms with Gasteiger partial charge >= 0.3 is 5.97 Å². The fourth-order valence-electron chi connectivity index (χ4n) is 1.19. The summed E-state index contributed by atoms with van der Waals surface area (Å²) in [6, 6.07) is -0.682. The Balaban J connectivity index is 4.34. The maximum Gasteiger partial charge on any atom is 0.312 e. The lowest BCUT2D eigenvalue weighted by Crippen LogP contribution is -2.49. The lowest BCUT2D eigenvalue weighted by Gasteiger charge is -2.28. The number of carbonyl (C=O) groups is 1. The van der Waals surface area contributed by atoms with E-state index in [0.717, 1.165) is 0 Å². The molecule has 0 fully saturated rings. The van der Waals surface area contributed by atoms with Crippen LogP contribution in [-0.2, 0) is 13.6 Å². The molecular weight excluding hydrogens is 238 g/mol. The van der Waals surface area contributed by atoms with E-state index in [9.17, 15) is 4.79 Å². The van der Waals surface area contributed by atoms with Gasteiger partial charge in [0, 0.05) is 0 Å². The molecule has 4 nitrogen and oxygen atoms in total. The maximum absolute atomic E-state index is 11.7. The Morgan fingerprint density at radius 1 is 1.06 bits per heavy atom. The SMILES string of the molecule is CC(O[Si](C)(C)C)[C@H](N)C(=O)O[Si](C)(C)C. The third kappa shape index (κ3) is 7.16. The van der Waals surface area contributed by atoms with Gasteiger partial charge in [0.2, 0.25) is 8.32 Å². The van der Waals surface area contributed by atoms with E-state index >= 15 is 0 Å². The third-order valence-corrected chi connectivity index (χ3v) is 3.62. The number of hydrogen-bond donors (Lipinski definition) is 1. The van der Waals surface area contributed by atoms with Crippen LogP contribution >= 0.6 is 0 Å². The van der Waals surface area contributed by atoms with Gasteiger partial charge in [-0.05, 0) is 46.2 Å². The van der Waals surface area contributed by atoms with Crippen LogP contribution in [0.25, 0.3) is 0 Å². The first-order valence-corrected chi connectivity index (χ1v) is 12.4. The van der Waals surface area contributed by atoms with Gasteiger partial charge in [-0.25, -0.2) is 0 Å². The van der Waals surface area contributed by atoms with E-state index in [1.807, 2.05) is 26.6 Å². The average molecular weight is 263 g/mol. The molecule has 0 amide bonds. The zero-order valence-electron chi connectivity index (χ0n) is 11.5. The molecule has 16 heavy (non-hydrogen) atoms. The van der Waals surface area contributed by atoms with Gasteiger partial charge in [0.05, 0.1) is 6.10 Å². The van der Waals surface area contributed by atoms with Crippen LogP contribution in [0.1, 0.15) is 6.92 Å². The molecule has 0 aliphatic carbocycles. The maximum atomic E-state index is 11.7. The molecule has 0 aromatic rings. The Kier molecular flexibility index (Phi) is 5.38. The van der Waals surface area contributed by atoms with Crippen LogP contribution in [0.3, 0.4) is 0 Å². The molecule has 0 saturated heterocycles. The Bertz CT molecular complexity index is 245. The molecule has 0 saturated carbocycles. The van der Waals surface area contributed by atoms with Gasteiger partial charge in [0.25, 0.3) is 0 Å². The monoisotopic (exact) mass is 263 g/mol. The quantitative estimate of drug-likeness (QED) is 0.770. The van der Waals surface area contributed by atoms with Gasteiger partial charge in [-0.15, -0.1) is 0 Å². The summed E-state index contributed by atoms with van der Waals surface area (Å²) in [5.41, 5.74) is 5.82. The van der Waals surface area contributed by atoms with E-state index in [2.05, 4.69) is 19.6 Å². The number of rotatable bonds is 5. The minimum Gasteiger partial charge on any atom is -0.519 e. The van der Waals surface area contributed by atoms with E-state index in [-0.39, 0.29) is 12.1 Å². The lowest BCUT2D eigenvalue weighted by atomic mass is 10.2. The smallest absolute Gasteiger partial charge is 0.312 e. The van der Waals surface area contributed by atoms with Crippen molar-refractivity contribution in [2.45, 2.75) is 58.4 Å². The Morgan fingerprint density at radius 2 is 1.50 bits per heavy atom. The second-order valence-corrected chi connectivity index (χ2v) is 14.9. The van der Waals surface area contributed by atoms with Crippen molar-refractivity contribution in [3.8, 4) is 0 Å². The molecule has 0 aromatic carbocycles. The highest BCUT2D eigenvalue weighted by molar-refractivity contribution is 6.71. The normalized spacial score (nSPS) is 16.8. The molecule has 96 valence electrons. The van der Waals surface area contributed by atoms with Gasteiger partial charge < -0.3 is 14.6 Å². The number of hydrogen-bond acceptors (Lipinski definition) is 4. The minimum absolute atomic E-state index is 0.282. The van der Waals surface area contributed by atoms with Crippen molar-refractivity contribution < 1.29 is 13.6 Å². The van der Waals surface area contributed by atoms with E-state index in [0.29, 0.717) is 0 Å². The van der Waals surface area contributed by atoms with Gasteiger partial charge in [0.15, 0.2) is 8.32 Å². The largest absolute Gasteiger partial charge is 0.519 e. The Hall–Kier alpha value is -0.176. The van der Waals surface area contributed by atoms with Crippen LogP contribution < -0.4 is 5.73 Å². The Labute approximate surface area is 101 Å². The highest BCUT2D eigenvalue weighted by atomic mass is 28.4. The van der Waals surface area contributed by atoms with E-state index in [4.69, 9.17) is 14.6 Å². The lowest BCUT2D eigenvalue weighted by molar-refractivity contribution is -0.138. The van der Waals surface area contributed by atoms with Crippen LogP contribution in [0.5, 0.6) is 0 Å². The highest BCUT2D eigenvalue weighted by Gasteiger charge is 2.30. The van der Waals surface area contributed by atoms with Crippen LogP contribution in [0.4, 0.5) is 0 Å². The first-order valence-electron chi connectivity index (χ1n) is 5.58. The summed E-state index contributed by atoms with van der Waals surface area (Å²) >= 11 is 0. The van der Waals surface area contributed by atoms with Gasteiger partial charge in [-0.3, -0.25) is 4.79 Å². The third-order valence-electron chi connectivity index (χ3n) is 1.72. The summed E-state index contributed by atoms with van der Waals surface area (Å²) in [7, 11) is -3.53. The summed E-state index contributed by atoms with van der Waals surface area (Å²) in [6.45, 7) is 13.9. The van der Waals surface area contributed by atoms with Crippen molar-refractivity contribution in [2.75, 3.05) is 0 Å². The van der Waals surface area contributed by atoms with Crippen molar-refractivity contribution >= 4 is 22.6 Å². The summed E-state index contributed by atoms with van der Waals surface area (Å²) < 4.78 is 11.1. The van der Waals surface area contributed by atoms with E-state index in [1.165, 1.54) is 0 Å². The van der Waals surface area contributed by atoms with E-state index in [1.54, 1.807) is 0 Å². The fraction of sp³-hybridized carbons (Fsp3) is 0.900. The zero-order valence-corrected chi connectivity index (χ0v) is 13.5. The molecule has 0 aromatic heterocycles. The molecule has 1 unspecified atom stereocenters. The van der Waals surface area contributed by atoms with Gasteiger partial charge in [-0.2, -0.15) is 0 Å². The Morgan fingerprint density at radius 3 is 1.81 bits per heavy atom. The second kappa shape index (κ2) is 5.44. The standard InChI is InChI=1S/C10H25NO3Si2/c1-8(13-15(2,3)4)9(11)10(12)14-16(5,6)7/h8-9H,11H2,1-7H3/t8?,9-/m0/s1. The van der Waals surface area contributed by atoms with Crippen molar-refractivity contribution in [3.05, 3.63) is 0 Å². The summed E-state index contributed by atoms with van der Waals surface area (Å²) in [5, 5.41) is 0. The van der Waals surface area contributed by atoms with Crippen molar-refractivity contribution in [1.82, 2.24) is 0 Å². The second-order valence-electron chi connectivity index (χ2n) is 5.99. The average Bonchev–Trinajstić information content (AvgIpc) is 1.96. The molecule has 2 N–H and O–H groups in total. The molecule has 0 radical (unpaired) electrons. The molecular formula is C10H25NO3Si2. The summed E-state index contributed by atoms with van der Waals surface area (Å²) in [6.07, 6.45) is -0.282. The van der Waals surface area contributed by atoms with Crippen molar-refractivity contribution in [3.63, 3.8) is 0 Å². The number of carbonyl (C=O) groups excluding carboxylic acids is 1. The molecule has 0 aliphatic rings. The predicted molar refractivity (Wildman–Crippen MR) is 71.3 cm³/mol. The minimum atomic E-state index is -1.86. The molecule has 6 heteroatoms. The van der Waals surface area contributed by atoms with Crippen LogP contribution in [0, 0.1) is 0 Å². The molecule has 0 bridgehead atoms. The molecule has 0 rings (SSSR count). The number of nitrogens with two attached hydrogens (primary N) is 1. The van der Waals surface area contributed by atoms with Gasteiger partial charge in [-0.1, -0.05) is 0 Å². The molecule has 2 atom stereocenters. The van der Waals surface area contributed by atoms with Crippen LogP contribution in [0.2, 0.25) is 39.3 Å². The fourth-order valence-corrected chi connectivity index (χ4v) is 3.19. The summed E-state index contributed by atoms with van der Waals surface area (Å²) in [5.74, 6) is -0.343.